The van der Waals surface area contributed by atoms with Crippen LogP contribution in [0.3, 0.4) is 0 Å². The second kappa shape index (κ2) is 5.18. The number of rotatable bonds is 3. The van der Waals surface area contributed by atoms with E-state index < -0.39 is 11.6 Å². The fourth-order valence-electron chi connectivity index (χ4n) is 1.28. The summed E-state index contributed by atoms with van der Waals surface area (Å²) in [6.45, 7) is 0.0226. The summed E-state index contributed by atoms with van der Waals surface area (Å²) in [6.07, 6.45) is 2.98. The van der Waals surface area contributed by atoms with Gasteiger partial charge in [0.25, 0.3) is 0 Å². The molecule has 0 spiro atoms. The molecule has 2 aromatic rings. The van der Waals surface area contributed by atoms with Gasteiger partial charge in [0.2, 0.25) is 0 Å². The fraction of sp³-hybridized carbons (Fsp3) is 0.0909. The predicted octanol–water partition coefficient (Wildman–Crippen LogP) is 3.13. The number of benzene rings is 1. The zero-order valence-corrected chi connectivity index (χ0v) is 10.2. The molecule has 0 aliphatic heterocycles. The molecule has 1 heterocycles. The van der Waals surface area contributed by atoms with Crippen LogP contribution in [-0.2, 0) is 6.54 Å². The average molecular weight is 300 g/mol. The maximum absolute atomic E-state index is 13.3. The minimum atomic E-state index is -0.581. The van der Waals surface area contributed by atoms with Crippen LogP contribution < -0.4 is 5.32 Å². The summed E-state index contributed by atoms with van der Waals surface area (Å²) in [4.78, 5) is 7.93. The Labute approximate surface area is 105 Å². The van der Waals surface area contributed by atoms with Crippen molar-refractivity contribution in [2.24, 2.45) is 0 Å². The molecule has 1 N–H and O–H groups in total. The Morgan fingerprint density at radius 2 is 1.82 bits per heavy atom. The minimum absolute atomic E-state index is 0.0165. The number of anilines is 1. The van der Waals surface area contributed by atoms with E-state index >= 15 is 0 Å². The van der Waals surface area contributed by atoms with Crippen molar-refractivity contribution in [1.29, 1.82) is 0 Å². The number of nitrogens with one attached hydrogen (secondary N) is 1. The summed E-state index contributed by atoms with van der Waals surface area (Å²) in [6, 6.07) is 3.76. The van der Waals surface area contributed by atoms with E-state index in [1.165, 1.54) is 30.6 Å². The van der Waals surface area contributed by atoms with Gasteiger partial charge in [0.1, 0.15) is 22.1 Å². The highest BCUT2D eigenvalue weighted by Gasteiger charge is 2.07. The van der Waals surface area contributed by atoms with E-state index in [-0.39, 0.29) is 12.1 Å². The molecule has 6 heteroatoms. The van der Waals surface area contributed by atoms with Gasteiger partial charge in [-0.2, -0.15) is 0 Å². The van der Waals surface area contributed by atoms with Crippen LogP contribution >= 0.6 is 15.9 Å². The van der Waals surface area contributed by atoms with Crippen molar-refractivity contribution in [1.82, 2.24) is 9.97 Å². The molecule has 1 aromatic carbocycles. The van der Waals surface area contributed by atoms with E-state index in [1.807, 2.05) is 0 Å². The molecular weight excluding hydrogens is 292 g/mol. The van der Waals surface area contributed by atoms with Gasteiger partial charge in [0.15, 0.2) is 0 Å². The van der Waals surface area contributed by atoms with Gasteiger partial charge >= 0.3 is 0 Å². The molecule has 0 saturated heterocycles. The molecule has 0 atom stereocenters. The van der Waals surface area contributed by atoms with Crippen LogP contribution in [0.25, 0.3) is 0 Å². The number of hydrogen-bond acceptors (Lipinski definition) is 3. The molecule has 0 amide bonds. The van der Waals surface area contributed by atoms with Crippen LogP contribution in [0.5, 0.6) is 0 Å². The van der Waals surface area contributed by atoms with Crippen LogP contribution in [0, 0.1) is 11.6 Å². The maximum Gasteiger partial charge on any atom is 0.144 e. The molecule has 88 valence electrons. The van der Waals surface area contributed by atoms with Crippen molar-refractivity contribution >= 4 is 21.7 Å². The maximum atomic E-state index is 13.3. The lowest BCUT2D eigenvalue weighted by Crippen LogP contribution is -2.05. The van der Waals surface area contributed by atoms with Crippen LogP contribution in [-0.4, -0.2) is 9.97 Å². The molecule has 0 saturated carbocycles. The van der Waals surface area contributed by atoms with Gasteiger partial charge in [0.05, 0.1) is 12.4 Å². The summed E-state index contributed by atoms with van der Waals surface area (Å²) in [5.74, 6) is -0.707. The molecule has 0 aliphatic rings. The number of hydrogen-bond donors (Lipinski definition) is 1. The molecule has 1 aromatic heterocycles. The van der Waals surface area contributed by atoms with Crippen molar-refractivity contribution in [3.8, 4) is 0 Å². The Morgan fingerprint density at radius 1 is 1.12 bits per heavy atom. The van der Waals surface area contributed by atoms with E-state index in [4.69, 9.17) is 0 Å². The average Bonchev–Trinajstić information content (AvgIpc) is 2.31. The van der Waals surface area contributed by atoms with Crippen LogP contribution in [0.4, 0.5) is 14.6 Å². The van der Waals surface area contributed by atoms with Gasteiger partial charge in [-0.3, -0.25) is 0 Å². The van der Waals surface area contributed by atoms with Gasteiger partial charge < -0.3 is 5.32 Å². The standard InChI is InChI=1S/C11H8BrF2N3/c12-10-5-17-11(6-15-10)16-4-7-8(13)2-1-3-9(7)14/h1-3,5-6H,4H2,(H,16,17). The summed E-state index contributed by atoms with van der Waals surface area (Å²) in [5, 5.41) is 2.80. The normalized spacial score (nSPS) is 10.3. The smallest absolute Gasteiger partial charge is 0.144 e. The molecule has 0 unspecified atom stereocenters. The highest BCUT2D eigenvalue weighted by atomic mass is 79.9. The molecular formula is C11H8BrF2N3. The first-order valence-corrected chi connectivity index (χ1v) is 5.60. The molecule has 0 fully saturated rings. The fourth-order valence-corrected chi connectivity index (χ4v) is 1.49. The monoisotopic (exact) mass is 299 g/mol. The molecule has 0 aliphatic carbocycles. The largest absolute Gasteiger partial charge is 0.364 e. The van der Waals surface area contributed by atoms with Crippen LogP contribution in [0.1, 0.15) is 5.56 Å². The van der Waals surface area contributed by atoms with E-state index in [9.17, 15) is 8.78 Å². The topological polar surface area (TPSA) is 37.8 Å². The lowest BCUT2D eigenvalue weighted by molar-refractivity contribution is 0.560. The van der Waals surface area contributed by atoms with Gasteiger partial charge in [-0.15, -0.1) is 0 Å². The zero-order chi connectivity index (χ0) is 12.3. The van der Waals surface area contributed by atoms with Crippen molar-refractivity contribution < 1.29 is 8.78 Å². The summed E-state index contributed by atoms with van der Waals surface area (Å²) < 4.78 is 27.2. The van der Waals surface area contributed by atoms with Crippen molar-refractivity contribution in [2.45, 2.75) is 6.54 Å². The minimum Gasteiger partial charge on any atom is -0.364 e. The molecule has 2 rings (SSSR count). The van der Waals surface area contributed by atoms with Crippen molar-refractivity contribution in [3.05, 3.63) is 52.4 Å². The Morgan fingerprint density at radius 3 is 2.41 bits per heavy atom. The third-order valence-electron chi connectivity index (χ3n) is 2.13. The highest BCUT2D eigenvalue weighted by Crippen LogP contribution is 2.14. The Bertz CT molecular complexity index is 496. The molecule has 17 heavy (non-hydrogen) atoms. The molecule has 0 radical (unpaired) electrons. The predicted molar refractivity (Wildman–Crippen MR) is 63.4 cm³/mol. The van der Waals surface area contributed by atoms with Gasteiger partial charge in [-0.1, -0.05) is 6.07 Å². The first kappa shape index (κ1) is 11.9. The van der Waals surface area contributed by atoms with E-state index in [0.717, 1.165) is 0 Å². The van der Waals surface area contributed by atoms with Crippen molar-refractivity contribution in [2.75, 3.05) is 5.32 Å². The van der Waals surface area contributed by atoms with E-state index in [2.05, 4.69) is 31.2 Å². The second-order valence-electron chi connectivity index (χ2n) is 3.28. The lowest BCUT2D eigenvalue weighted by Gasteiger charge is -2.07. The Balaban J connectivity index is 2.10. The first-order chi connectivity index (χ1) is 8.16. The lowest BCUT2D eigenvalue weighted by atomic mass is 10.2. The number of aromatic nitrogens is 2. The van der Waals surface area contributed by atoms with Crippen LogP contribution in [0.2, 0.25) is 0 Å². The van der Waals surface area contributed by atoms with Crippen LogP contribution in [0.15, 0.2) is 35.2 Å². The van der Waals surface area contributed by atoms with Gasteiger partial charge in [0, 0.05) is 12.1 Å². The summed E-state index contributed by atoms with van der Waals surface area (Å²) in [5.41, 5.74) is -0.0165. The first-order valence-electron chi connectivity index (χ1n) is 4.81. The molecule has 0 bridgehead atoms. The Kier molecular flexibility index (Phi) is 3.63. The number of nitrogens with zero attached hydrogens (tertiary/aromatic N) is 2. The van der Waals surface area contributed by atoms with Gasteiger partial charge in [-0.05, 0) is 28.1 Å². The third-order valence-corrected chi connectivity index (χ3v) is 2.54. The SMILES string of the molecule is Fc1cccc(F)c1CNc1cnc(Br)cn1. The third kappa shape index (κ3) is 2.97. The second-order valence-corrected chi connectivity index (χ2v) is 4.09. The van der Waals surface area contributed by atoms with E-state index in [0.29, 0.717) is 10.4 Å². The quantitative estimate of drug-likeness (QED) is 0.946. The summed E-state index contributed by atoms with van der Waals surface area (Å²) >= 11 is 3.14. The number of halogens is 3. The zero-order valence-electron chi connectivity index (χ0n) is 8.62. The van der Waals surface area contributed by atoms with E-state index in [1.54, 1.807) is 0 Å². The Hall–Kier alpha value is -1.56. The van der Waals surface area contributed by atoms with Crippen molar-refractivity contribution in [3.63, 3.8) is 0 Å². The highest BCUT2D eigenvalue weighted by molar-refractivity contribution is 9.10. The summed E-state index contributed by atoms with van der Waals surface area (Å²) in [7, 11) is 0. The van der Waals surface area contributed by atoms with Gasteiger partial charge in [-0.25, -0.2) is 18.7 Å². The molecule has 3 nitrogen and oxygen atoms in total.